The van der Waals surface area contributed by atoms with Crippen molar-refractivity contribution < 1.29 is 38.8 Å². The zero-order valence-corrected chi connectivity index (χ0v) is 26.9. The number of carbonyl (C=O) groups is 2. The molecule has 5 N–H and O–H groups in total. The summed E-state index contributed by atoms with van der Waals surface area (Å²) < 4.78 is 26.6. The first-order chi connectivity index (χ1) is 19.2. The topological polar surface area (TPSA) is 112 Å². The second-order valence-electron chi connectivity index (χ2n) is 9.80. The van der Waals surface area contributed by atoms with Crippen molar-refractivity contribution in [2.45, 2.75) is 39.0 Å². The molecule has 2 heterocycles. The average Bonchev–Trinajstić information content (AvgIpc) is 2.96. The first-order valence-corrected chi connectivity index (χ1v) is 14.2. The van der Waals surface area contributed by atoms with Crippen molar-refractivity contribution in [2.24, 2.45) is 22.6 Å². The predicted octanol–water partition coefficient (Wildman–Crippen LogP) is 5.72. The van der Waals surface area contributed by atoms with E-state index in [1.807, 2.05) is 11.8 Å². The molecular weight excluding hydrogens is 680 g/mol. The molecule has 0 aliphatic carbocycles. The van der Waals surface area contributed by atoms with E-state index < -0.39 is 11.6 Å². The van der Waals surface area contributed by atoms with E-state index in [0.717, 1.165) is 45.2 Å². The zero-order chi connectivity index (χ0) is 29.1. The summed E-state index contributed by atoms with van der Waals surface area (Å²) in [5.74, 6) is -1.03. The smallest absolute Gasteiger partial charge is 0.229 e. The maximum absolute atomic E-state index is 13.4. The minimum absolute atomic E-state index is 0. The van der Waals surface area contributed by atoms with Gasteiger partial charge in [-0.2, -0.15) is 0 Å². The molecule has 13 heteroatoms. The van der Waals surface area contributed by atoms with Gasteiger partial charge in [0.2, 0.25) is 11.8 Å². The largest absolute Gasteiger partial charge is 0.370 e. The van der Waals surface area contributed by atoms with Crippen LogP contribution in [0, 0.1) is 30.9 Å². The van der Waals surface area contributed by atoms with Crippen LogP contribution in [0.2, 0.25) is 10.0 Å². The average molecular weight is 719 g/mol. The Hall–Kier alpha value is -2.29. The van der Waals surface area contributed by atoms with Gasteiger partial charge in [0.15, 0.2) is 5.96 Å². The molecule has 4 rings (SSSR count). The summed E-state index contributed by atoms with van der Waals surface area (Å²) >= 11 is 11.2. The zero-order valence-electron chi connectivity index (χ0n) is 23.8. The van der Waals surface area contributed by atoms with Gasteiger partial charge in [0.25, 0.3) is 0 Å². The van der Waals surface area contributed by atoms with Crippen LogP contribution in [0.5, 0.6) is 0 Å². The fraction of sp³-hybridized carbons (Fsp3) is 0.448. The van der Waals surface area contributed by atoms with Crippen LogP contribution in [-0.4, -0.2) is 55.4 Å². The van der Waals surface area contributed by atoms with Crippen LogP contribution >= 0.6 is 23.2 Å². The molecule has 2 aromatic rings. The Morgan fingerprint density at radius 2 is 1.55 bits per heavy atom. The van der Waals surface area contributed by atoms with Gasteiger partial charge in [0, 0.05) is 58.0 Å². The van der Waals surface area contributed by atoms with E-state index in [9.17, 15) is 18.4 Å². The second-order valence-corrected chi connectivity index (χ2v) is 10.6. The Morgan fingerprint density at radius 3 is 2.05 bits per heavy atom. The van der Waals surface area contributed by atoms with Crippen molar-refractivity contribution in [1.29, 1.82) is 0 Å². The minimum Gasteiger partial charge on any atom is -0.370 e. The number of nitrogens with two attached hydrogens (primary N) is 1. The molecule has 42 heavy (non-hydrogen) atoms. The number of hydrogen-bond acceptors (Lipinski definition) is 4. The number of amides is 2. The number of carbonyl (C=O) groups excluding carboxylic acids is 2. The van der Waals surface area contributed by atoms with Crippen LogP contribution in [-0.2, 0) is 30.0 Å². The van der Waals surface area contributed by atoms with Crippen LogP contribution in [0.3, 0.4) is 0 Å². The molecule has 0 spiro atoms. The van der Waals surface area contributed by atoms with Crippen LogP contribution in [0.25, 0.3) is 0 Å². The van der Waals surface area contributed by atoms with Crippen LogP contribution in [0.1, 0.15) is 39.0 Å². The number of aliphatic imine (C=N–C) groups is 1. The van der Waals surface area contributed by atoms with E-state index in [2.05, 4.69) is 20.9 Å². The normalized spacial score (nSPS) is 18.4. The van der Waals surface area contributed by atoms with Gasteiger partial charge >= 0.3 is 0 Å². The number of rotatable bonds is 6. The first kappa shape index (κ1) is 37.7. The number of piperidine rings is 2. The summed E-state index contributed by atoms with van der Waals surface area (Å²) in [7, 11) is 0. The number of guanidine groups is 1. The maximum atomic E-state index is 13.4. The van der Waals surface area contributed by atoms with Gasteiger partial charge in [0.1, 0.15) is 11.6 Å². The summed E-state index contributed by atoms with van der Waals surface area (Å²) in [5.41, 5.74) is 6.82. The molecule has 2 amide bonds. The summed E-state index contributed by atoms with van der Waals surface area (Å²) in [6, 6.07) is 8.50. The summed E-state index contributed by atoms with van der Waals surface area (Å²) in [6.45, 7) is 5.69. The van der Waals surface area contributed by atoms with Gasteiger partial charge in [-0.3, -0.25) is 14.6 Å². The van der Waals surface area contributed by atoms with E-state index in [1.54, 1.807) is 12.1 Å². The number of benzene rings is 2. The van der Waals surface area contributed by atoms with Crippen LogP contribution in [0.4, 0.5) is 20.2 Å². The van der Waals surface area contributed by atoms with Crippen molar-refractivity contribution in [2.75, 3.05) is 43.4 Å². The molecule has 2 aliphatic rings. The van der Waals surface area contributed by atoms with Crippen molar-refractivity contribution in [1.82, 2.24) is 10.2 Å². The molecule has 0 bridgehead atoms. The molecule has 2 atom stereocenters. The molecule has 0 aromatic heterocycles. The van der Waals surface area contributed by atoms with Crippen molar-refractivity contribution in [3.8, 4) is 0 Å². The molecule has 2 aromatic carbocycles. The number of nitrogens with one attached hydrogen (secondary N) is 3. The molecule has 0 saturated carbocycles. The van der Waals surface area contributed by atoms with E-state index in [1.165, 1.54) is 24.3 Å². The molecule has 2 aliphatic heterocycles. The van der Waals surface area contributed by atoms with Gasteiger partial charge < -0.3 is 34.0 Å². The number of hydrogen-bond donors (Lipinski definition) is 4. The Kier molecular flexibility index (Phi) is 17.1. The fourth-order valence-corrected chi connectivity index (χ4v) is 4.67. The second kappa shape index (κ2) is 19.1. The van der Waals surface area contributed by atoms with E-state index in [0.29, 0.717) is 37.0 Å². The Labute approximate surface area is 270 Å². The van der Waals surface area contributed by atoms with Gasteiger partial charge in [-0.15, -0.1) is 0 Å². The van der Waals surface area contributed by atoms with Gasteiger partial charge in [-0.05, 0) is 75.0 Å². The Morgan fingerprint density at radius 1 is 1.00 bits per heavy atom. The molecule has 8 nitrogen and oxygen atoms in total. The monoisotopic (exact) mass is 717 g/mol. The fourth-order valence-electron chi connectivity index (χ4n) is 4.44. The molecule has 2 saturated heterocycles. The number of likely N-dealkylation sites (tertiary alicyclic amines) is 1. The quantitative estimate of drug-likeness (QED) is 0.132. The minimum atomic E-state index is -0.550. The maximum Gasteiger partial charge on any atom is 0.229 e. The van der Waals surface area contributed by atoms with Crippen molar-refractivity contribution in [3.05, 3.63) is 65.5 Å². The van der Waals surface area contributed by atoms with Gasteiger partial charge in [0.05, 0.1) is 21.9 Å². The number of halogens is 4. The standard InChI is InChI=1S/C16H22ClFN4O.C12H14ClFN2O.CH3.Pd/c1-2-7-20-16(19)22-8-3-4-11(10-22)15(23)21-12-5-6-13(17)14(18)9-12;13-10-4-3-9(6-11(10)14)16-12(17)8-2-1-5-15-7-8;;/h5-6,9,11H,2-4,7-8,10H2,1H3,(H2,19,20)(H,21,23);3-4,6,8,15H,1-2,5,7H2,(H,16,17);1H3;/q;;-1;/t11-;8-;;/m00../s1. The van der Waals surface area contributed by atoms with E-state index in [4.69, 9.17) is 28.9 Å². The van der Waals surface area contributed by atoms with E-state index in [-0.39, 0.29) is 61.5 Å². The van der Waals surface area contributed by atoms with Crippen molar-refractivity contribution >= 4 is 52.4 Å². The third-order valence-electron chi connectivity index (χ3n) is 6.66. The van der Waals surface area contributed by atoms with Crippen molar-refractivity contribution in [3.63, 3.8) is 0 Å². The summed E-state index contributed by atoms with van der Waals surface area (Å²) in [4.78, 5) is 30.5. The number of anilines is 2. The number of nitrogens with zero attached hydrogens (tertiary/aromatic N) is 2. The third-order valence-corrected chi connectivity index (χ3v) is 7.27. The summed E-state index contributed by atoms with van der Waals surface area (Å²) in [6.07, 6.45) is 4.44. The van der Waals surface area contributed by atoms with Crippen LogP contribution < -0.4 is 21.7 Å². The first-order valence-electron chi connectivity index (χ1n) is 13.4. The van der Waals surface area contributed by atoms with Gasteiger partial charge in [-0.25, -0.2) is 8.78 Å². The molecule has 0 unspecified atom stereocenters. The molecule has 236 valence electrons. The Bertz CT molecular complexity index is 1200. The SMILES string of the molecule is CCCN=C(N)N1CCC[C@H](C(=O)Nc2ccc(Cl)c(F)c2)C1.O=C(Nc1ccc(Cl)c(F)c1)[C@H]1CCCNC1.[CH3-].[Pd]. The third kappa shape index (κ3) is 11.8. The van der Waals surface area contributed by atoms with Crippen LogP contribution in [0.15, 0.2) is 41.4 Å². The van der Waals surface area contributed by atoms with Gasteiger partial charge in [-0.1, -0.05) is 30.1 Å². The molecular formula is C29H39Cl2F2N6O2Pd-. The molecule has 0 radical (unpaired) electrons. The molecule has 2 fully saturated rings. The summed E-state index contributed by atoms with van der Waals surface area (Å²) in [5, 5.41) is 8.70. The predicted molar refractivity (Wildman–Crippen MR) is 163 cm³/mol. The van der Waals surface area contributed by atoms with E-state index >= 15 is 0 Å². The Balaban J connectivity index is 0.000000416.